The smallest absolute Gasteiger partial charge is 0.166 e. The maximum absolute atomic E-state index is 11.5. The standard InChI is InChI=1S/C10H11NO2/c11-10-6-5-8(12)7-3-1-2-4-9(7)13-10/h1-4,10H,5-6,11H2. The Labute approximate surface area is 76.5 Å². The zero-order valence-corrected chi connectivity index (χ0v) is 7.19. The van der Waals surface area contributed by atoms with Crippen molar-refractivity contribution in [3.8, 4) is 5.75 Å². The van der Waals surface area contributed by atoms with Gasteiger partial charge in [-0.3, -0.25) is 10.5 Å². The Morgan fingerprint density at radius 1 is 1.38 bits per heavy atom. The van der Waals surface area contributed by atoms with Crippen LogP contribution >= 0.6 is 0 Å². The Hall–Kier alpha value is -1.35. The minimum absolute atomic E-state index is 0.114. The first-order valence-electron chi connectivity index (χ1n) is 4.32. The first-order valence-corrected chi connectivity index (χ1v) is 4.32. The quantitative estimate of drug-likeness (QED) is 0.650. The van der Waals surface area contributed by atoms with Gasteiger partial charge in [-0.05, 0) is 12.1 Å². The molecule has 1 aromatic rings. The van der Waals surface area contributed by atoms with Crippen LogP contribution in [0.15, 0.2) is 24.3 Å². The van der Waals surface area contributed by atoms with E-state index in [4.69, 9.17) is 10.5 Å². The number of ether oxygens (including phenoxy) is 1. The molecule has 0 bridgehead atoms. The van der Waals surface area contributed by atoms with Gasteiger partial charge in [0, 0.05) is 12.8 Å². The summed E-state index contributed by atoms with van der Waals surface area (Å²) in [5.41, 5.74) is 6.29. The van der Waals surface area contributed by atoms with Crippen LogP contribution in [0.1, 0.15) is 23.2 Å². The summed E-state index contributed by atoms with van der Waals surface area (Å²) in [5.74, 6) is 0.723. The van der Waals surface area contributed by atoms with Crippen molar-refractivity contribution in [2.45, 2.75) is 19.1 Å². The number of rotatable bonds is 0. The highest BCUT2D eigenvalue weighted by Crippen LogP contribution is 2.24. The molecule has 1 heterocycles. The van der Waals surface area contributed by atoms with Gasteiger partial charge in [-0.25, -0.2) is 0 Å². The van der Waals surface area contributed by atoms with E-state index in [1.54, 1.807) is 12.1 Å². The number of fused-ring (bicyclic) bond motifs is 1. The molecule has 68 valence electrons. The van der Waals surface area contributed by atoms with E-state index in [0.29, 0.717) is 24.2 Å². The summed E-state index contributed by atoms with van der Waals surface area (Å²) in [5, 5.41) is 0. The molecule has 0 spiro atoms. The third kappa shape index (κ3) is 1.55. The van der Waals surface area contributed by atoms with E-state index < -0.39 is 0 Å². The summed E-state index contributed by atoms with van der Waals surface area (Å²) < 4.78 is 5.38. The van der Waals surface area contributed by atoms with E-state index in [2.05, 4.69) is 0 Å². The maximum atomic E-state index is 11.5. The minimum atomic E-state index is -0.354. The molecule has 3 nitrogen and oxygen atoms in total. The number of ketones is 1. The van der Waals surface area contributed by atoms with Crippen LogP contribution in [0.5, 0.6) is 5.75 Å². The Morgan fingerprint density at radius 3 is 3.00 bits per heavy atom. The van der Waals surface area contributed by atoms with Crippen LogP contribution in [0.4, 0.5) is 0 Å². The topological polar surface area (TPSA) is 52.3 Å². The Bertz CT molecular complexity index is 335. The first-order chi connectivity index (χ1) is 6.27. The second-order valence-electron chi connectivity index (χ2n) is 3.11. The molecular formula is C10H11NO2. The molecular weight excluding hydrogens is 166 g/mol. The van der Waals surface area contributed by atoms with Gasteiger partial charge < -0.3 is 4.74 Å². The molecule has 1 aromatic carbocycles. The van der Waals surface area contributed by atoms with Crippen LogP contribution in [0.25, 0.3) is 0 Å². The van der Waals surface area contributed by atoms with Gasteiger partial charge in [0.05, 0.1) is 5.56 Å². The summed E-state index contributed by atoms with van der Waals surface area (Å²) in [6, 6.07) is 7.22. The molecule has 3 heteroatoms. The lowest BCUT2D eigenvalue weighted by Gasteiger charge is -2.10. The van der Waals surface area contributed by atoms with Crippen molar-refractivity contribution in [2.24, 2.45) is 5.73 Å². The number of hydrogen-bond donors (Lipinski definition) is 1. The monoisotopic (exact) mass is 177 g/mol. The van der Waals surface area contributed by atoms with Crippen molar-refractivity contribution in [1.29, 1.82) is 0 Å². The van der Waals surface area contributed by atoms with Crippen LogP contribution < -0.4 is 10.5 Å². The zero-order chi connectivity index (χ0) is 9.26. The predicted octanol–water partition coefficient (Wildman–Crippen LogP) is 1.33. The second kappa shape index (κ2) is 3.18. The minimum Gasteiger partial charge on any atom is -0.475 e. The van der Waals surface area contributed by atoms with Gasteiger partial charge >= 0.3 is 0 Å². The number of carbonyl (C=O) groups is 1. The van der Waals surface area contributed by atoms with Crippen LogP contribution in [0.3, 0.4) is 0 Å². The average molecular weight is 177 g/mol. The lowest BCUT2D eigenvalue weighted by Crippen LogP contribution is -2.25. The highest BCUT2D eigenvalue weighted by molar-refractivity contribution is 5.98. The predicted molar refractivity (Wildman–Crippen MR) is 48.6 cm³/mol. The van der Waals surface area contributed by atoms with Crippen LogP contribution in [-0.2, 0) is 0 Å². The molecule has 2 rings (SSSR count). The fourth-order valence-electron chi connectivity index (χ4n) is 1.43. The number of nitrogens with two attached hydrogens (primary N) is 1. The molecule has 0 saturated carbocycles. The molecule has 0 fully saturated rings. The molecule has 0 amide bonds. The largest absolute Gasteiger partial charge is 0.475 e. The Balaban J connectivity index is 2.43. The van der Waals surface area contributed by atoms with E-state index in [0.717, 1.165) is 0 Å². The second-order valence-corrected chi connectivity index (χ2v) is 3.11. The maximum Gasteiger partial charge on any atom is 0.166 e. The fraction of sp³-hybridized carbons (Fsp3) is 0.300. The van der Waals surface area contributed by atoms with Gasteiger partial charge in [-0.2, -0.15) is 0 Å². The molecule has 13 heavy (non-hydrogen) atoms. The summed E-state index contributed by atoms with van der Waals surface area (Å²) in [4.78, 5) is 11.5. The lowest BCUT2D eigenvalue weighted by atomic mass is 10.1. The third-order valence-corrected chi connectivity index (χ3v) is 2.12. The van der Waals surface area contributed by atoms with Crippen LogP contribution in [0.2, 0.25) is 0 Å². The van der Waals surface area contributed by atoms with E-state index in [9.17, 15) is 4.79 Å². The number of Topliss-reactive ketones (excluding diaryl/α,β-unsaturated/α-hetero) is 1. The zero-order valence-electron chi connectivity index (χ0n) is 7.19. The first kappa shape index (κ1) is 8.26. The summed E-state index contributed by atoms with van der Waals surface area (Å²) in [7, 11) is 0. The van der Waals surface area contributed by atoms with E-state index in [1.807, 2.05) is 12.1 Å². The van der Waals surface area contributed by atoms with Crippen molar-refractivity contribution in [2.75, 3.05) is 0 Å². The van der Waals surface area contributed by atoms with Crippen LogP contribution in [0, 0.1) is 0 Å². The molecule has 0 aliphatic carbocycles. The van der Waals surface area contributed by atoms with Gasteiger partial charge in [-0.15, -0.1) is 0 Å². The summed E-state index contributed by atoms with van der Waals surface area (Å²) in [6.07, 6.45) is 0.707. The molecule has 1 atom stereocenters. The highest BCUT2D eigenvalue weighted by atomic mass is 16.5. The third-order valence-electron chi connectivity index (χ3n) is 2.12. The molecule has 1 unspecified atom stereocenters. The molecule has 0 saturated heterocycles. The van der Waals surface area contributed by atoms with Crippen LogP contribution in [-0.4, -0.2) is 12.0 Å². The highest BCUT2D eigenvalue weighted by Gasteiger charge is 2.19. The number of carbonyl (C=O) groups excluding carboxylic acids is 1. The fourth-order valence-corrected chi connectivity index (χ4v) is 1.43. The molecule has 0 aromatic heterocycles. The van der Waals surface area contributed by atoms with Gasteiger partial charge in [-0.1, -0.05) is 12.1 Å². The van der Waals surface area contributed by atoms with E-state index >= 15 is 0 Å². The summed E-state index contributed by atoms with van der Waals surface area (Å²) in [6.45, 7) is 0. The Morgan fingerprint density at radius 2 is 2.15 bits per heavy atom. The van der Waals surface area contributed by atoms with Crippen molar-refractivity contribution in [1.82, 2.24) is 0 Å². The lowest BCUT2D eigenvalue weighted by molar-refractivity contribution is 0.0977. The molecule has 0 radical (unpaired) electrons. The SMILES string of the molecule is NC1CCC(=O)c2ccccc2O1. The summed E-state index contributed by atoms with van der Waals surface area (Å²) >= 11 is 0. The average Bonchev–Trinajstić information content (AvgIpc) is 2.27. The Kier molecular flexibility index (Phi) is 2.02. The van der Waals surface area contributed by atoms with Crippen molar-refractivity contribution < 1.29 is 9.53 Å². The van der Waals surface area contributed by atoms with E-state index in [-0.39, 0.29) is 12.0 Å². The molecule has 2 N–H and O–H groups in total. The number of para-hydroxylation sites is 1. The molecule has 1 aliphatic heterocycles. The van der Waals surface area contributed by atoms with Gasteiger partial charge in [0.1, 0.15) is 12.0 Å². The number of benzene rings is 1. The van der Waals surface area contributed by atoms with Crippen molar-refractivity contribution >= 4 is 5.78 Å². The normalized spacial score (nSPS) is 21.6. The van der Waals surface area contributed by atoms with Gasteiger partial charge in [0.2, 0.25) is 0 Å². The van der Waals surface area contributed by atoms with Gasteiger partial charge in [0.25, 0.3) is 0 Å². The molecule has 1 aliphatic rings. The van der Waals surface area contributed by atoms with Crippen molar-refractivity contribution in [3.05, 3.63) is 29.8 Å². The number of hydrogen-bond acceptors (Lipinski definition) is 3. The van der Waals surface area contributed by atoms with E-state index in [1.165, 1.54) is 0 Å². The van der Waals surface area contributed by atoms with Crippen molar-refractivity contribution in [3.63, 3.8) is 0 Å². The van der Waals surface area contributed by atoms with Gasteiger partial charge in [0.15, 0.2) is 5.78 Å².